The van der Waals surface area contributed by atoms with Crippen molar-refractivity contribution in [2.24, 2.45) is 0 Å². The Morgan fingerprint density at radius 3 is 2.74 bits per heavy atom. The molecule has 0 spiro atoms. The molecule has 19 heavy (non-hydrogen) atoms. The van der Waals surface area contributed by atoms with E-state index in [-0.39, 0.29) is 11.7 Å². The molecular weight excluding hydrogens is 259 g/mol. The molecule has 0 aromatic carbocycles. The smallest absolute Gasteiger partial charge is 0.348 e. The third-order valence-corrected chi connectivity index (χ3v) is 3.09. The molecule has 2 N–H and O–H groups in total. The van der Waals surface area contributed by atoms with Gasteiger partial charge in [0.1, 0.15) is 12.2 Å². The van der Waals surface area contributed by atoms with Gasteiger partial charge in [0.25, 0.3) is 5.91 Å². The Morgan fingerprint density at radius 1 is 1.42 bits per heavy atom. The fourth-order valence-corrected chi connectivity index (χ4v) is 2.18. The van der Waals surface area contributed by atoms with Crippen molar-refractivity contribution >= 4 is 5.91 Å². The molecule has 0 atom stereocenters. The van der Waals surface area contributed by atoms with Gasteiger partial charge >= 0.3 is 6.18 Å². The number of carbonyl (C=O) groups is 1. The highest BCUT2D eigenvalue weighted by atomic mass is 19.4. The van der Waals surface area contributed by atoms with Crippen LogP contribution in [0.4, 0.5) is 13.2 Å². The second kappa shape index (κ2) is 5.64. The van der Waals surface area contributed by atoms with Crippen LogP contribution in [-0.4, -0.2) is 35.8 Å². The standard InChI is InChI=1S/C12H16F3N3O/c13-12(14,15)8-18-7-1-2-10(18)11(19)17-9-3-5-16-6-4-9/h1-2,7,9,16H,3-6,8H2,(H,17,19). The number of nitrogens with zero attached hydrogens (tertiary/aromatic N) is 1. The minimum atomic E-state index is -4.33. The number of carbonyl (C=O) groups excluding carboxylic acids is 1. The zero-order valence-electron chi connectivity index (χ0n) is 10.3. The number of nitrogens with one attached hydrogen (secondary N) is 2. The monoisotopic (exact) mass is 275 g/mol. The number of amides is 1. The quantitative estimate of drug-likeness (QED) is 0.879. The van der Waals surface area contributed by atoms with Gasteiger partial charge < -0.3 is 15.2 Å². The van der Waals surface area contributed by atoms with Crippen LogP contribution >= 0.6 is 0 Å². The lowest BCUT2D eigenvalue weighted by Crippen LogP contribution is -2.43. The predicted molar refractivity (Wildman–Crippen MR) is 63.8 cm³/mol. The van der Waals surface area contributed by atoms with Crippen LogP contribution < -0.4 is 10.6 Å². The first-order valence-electron chi connectivity index (χ1n) is 6.19. The summed E-state index contributed by atoms with van der Waals surface area (Å²) in [6.07, 6.45) is -1.47. The van der Waals surface area contributed by atoms with E-state index in [1.54, 1.807) is 0 Å². The molecular formula is C12H16F3N3O. The molecule has 1 aliphatic rings. The van der Waals surface area contributed by atoms with Gasteiger partial charge in [-0.25, -0.2) is 0 Å². The molecule has 1 fully saturated rings. The van der Waals surface area contributed by atoms with E-state index in [4.69, 9.17) is 0 Å². The molecule has 1 aromatic heterocycles. The minimum Gasteiger partial charge on any atom is -0.348 e. The van der Waals surface area contributed by atoms with Gasteiger partial charge in [0, 0.05) is 12.2 Å². The molecule has 0 aliphatic carbocycles. The lowest BCUT2D eigenvalue weighted by Gasteiger charge is -2.24. The van der Waals surface area contributed by atoms with E-state index < -0.39 is 18.6 Å². The van der Waals surface area contributed by atoms with Crippen molar-refractivity contribution in [3.63, 3.8) is 0 Å². The first-order chi connectivity index (χ1) is 8.96. The number of hydrogen-bond acceptors (Lipinski definition) is 2. The van der Waals surface area contributed by atoms with Crippen LogP contribution in [0.3, 0.4) is 0 Å². The van der Waals surface area contributed by atoms with Crippen LogP contribution in [0.1, 0.15) is 23.3 Å². The summed E-state index contributed by atoms with van der Waals surface area (Å²) in [7, 11) is 0. The molecule has 0 bridgehead atoms. The first kappa shape index (κ1) is 13.9. The summed E-state index contributed by atoms with van der Waals surface area (Å²) in [6, 6.07) is 2.88. The van der Waals surface area contributed by atoms with Crippen LogP contribution in [0.5, 0.6) is 0 Å². The lowest BCUT2D eigenvalue weighted by atomic mass is 10.1. The van der Waals surface area contributed by atoms with Crippen molar-refractivity contribution in [2.75, 3.05) is 13.1 Å². The molecule has 0 saturated carbocycles. The SMILES string of the molecule is O=C(NC1CCNCC1)c1cccn1CC(F)(F)F. The summed E-state index contributed by atoms with van der Waals surface area (Å²) in [6.45, 7) is 0.484. The molecule has 1 saturated heterocycles. The van der Waals surface area contributed by atoms with Gasteiger partial charge in [-0.05, 0) is 38.1 Å². The average Bonchev–Trinajstić information content (AvgIpc) is 2.76. The summed E-state index contributed by atoms with van der Waals surface area (Å²) in [5.74, 6) is -0.443. The van der Waals surface area contributed by atoms with Gasteiger partial charge in [-0.15, -0.1) is 0 Å². The van der Waals surface area contributed by atoms with E-state index in [2.05, 4.69) is 10.6 Å². The lowest BCUT2D eigenvalue weighted by molar-refractivity contribution is -0.140. The summed E-state index contributed by atoms with van der Waals surface area (Å²) >= 11 is 0. The highest BCUT2D eigenvalue weighted by molar-refractivity contribution is 5.92. The average molecular weight is 275 g/mol. The Kier molecular flexibility index (Phi) is 4.14. The van der Waals surface area contributed by atoms with Crippen molar-refractivity contribution in [1.29, 1.82) is 0 Å². The van der Waals surface area contributed by atoms with Crippen molar-refractivity contribution in [1.82, 2.24) is 15.2 Å². The topological polar surface area (TPSA) is 46.1 Å². The van der Waals surface area contributed by atoms with Gasteiger partial charge in [0.15, 0.2) is 0 Å². The highest BCUT2D eigenvalue weighted by Gasteiger charge is 2.29. The van der Waals surface area contributed by atoms with Crippen molar-refractivity contribution in [3.05, 3.63) is 24.0 Å². The van der Waals surface area contributed by atoms with Crippen molar-refractivity contribution in [2.45, 2.75) is 31.6 Å². The maximum atomic E-state index is 12.4. The van der Waals surface area contributed by atoms with Gasteiger partial charge in [0.2, 0.25) is 0 Å². The van der Waals surface area contributed by atoms with Gasteiger partial charge in [-0.2, -0.15) is 13.2 Å². The molecule has 106 valence electrons. The Balaban J connectivity index is 2.00. The number of rotatable bonds is 3. The minimum absolute atomic E-state index is 0.0305. The van der Waals surface area contributed by atoms with Crippen molar-refractivity contribution in [3.8, 4) is 0 Å². The van der Waals surface area contributed by atoms with E-state index >= 15 is 0 Å². The Bertz CT molecular complexity index is 436. The van der Waals surface area contributed by atoms with E-state index in [1.165, 1.54) is 18.3 Å². The molecule has 1 amide bonds. The van der Waals surface area contributed by atoms with Crippen molar-refractivity contribution < 1.29 is 18.0 Å². The molecule has 1 aromatic rings. The van der Waals surface area contributed by atoms with Crippen LogP contribution in [0.25, 0.3) is 0 Å². The zero-order valence-corrected chi connectivity index (χ0v) is 10.3. The van der Waals surface area contributed by atoms with Crippen LogP contribution in [0, 0.1) is 0 Å². The molecule has 4 nitrogen and oxygen atoms in total. The first-order valence-corrected chi connectivity index (χ1v) is 6.19. The normalized spacial score (nSPS) is 17.4. The predicted octanol–water partition coefficient (Wildman–Crippen LogP) is 1.53. The molecule has 2 rings (SSSR count). The number of hydrogen-bond donors (Lipinski definition) is 2. The largest absolute Gasteiger partial charge is 0.406 e. The Morgan fingerprint density at radius 2 is 2.11 bits per heavy atom. The third-order valence-electron chi connectivity index (χ3n) is 3.09. The molecule has 1 aliphatic heterocycles. The molecule has 0 unspecified atom stereocenters. The molecule has 7 heteroatoms. The molecule has 2 heterocycles. The second-order valence-corrected chi connectivity index (χ2v) is 4.63. The van der Waals surface area contributed by atoms with Crippen LogP contribution in [0.2, 0.25) is 0 Å². The fourth-order valence-electron chi connectivity index (χ4n) is 2.18. The number of piperidine rings is 1. The number of alkyl halides is 3. The number of halogens is 3. The van der Waals surface area contributed by atoms with Gasteiger partial charge in [-0.1, -0.05) is 0 Å². The second-order valence-electron chi connectivity index (χ2n) is 4.63. The van der Waals surface area contributed by atoms with Gasteiger partial charge in [0.05, 0.1) is 0 Å². The summed E-state index contributed by atoms with van der Waals surface area (Å²) in [5.41, 5.74) is 0.0517. The maximum absolute atomic E-state index is 12.4. The van der Waals surface area contributed by atoms with E-state index in [9.17, 15) is 18.0 Å². The van der Waals surface area contributed by atoms with Crippen LogP contribution in [0.15, 0.2) is 18.3 Å². The molecule has 0 radical (unpaired) electrons. The third kappa shape index (κ3) is 3.99. The van der Waals surface area contributed by atoms with E-state index in [0.717, 1.165) is 30.5 Å². The summed E-state index contributed by atoms with van der Waals surface area (Å²) in [4.78, 5) is 12.0. The maximum Gasteiger partial charge on any atom is 0.406 e. The summed E-state index contributed by atoms with van der Waals surface area (Å²) in [5, 5.41) is 5.94. The highest BCUT2D eigenvalue weighted by Crippen LogP contribution is 2.19. The zero-order chi connectivity index (χ0) is 13.9. The summed E-state index contributed by atoms with van der Waals surface area (Å²) < 4.78 is 38.0. The van der Waals surface area contributed by atoms with E-state index in [1.807, 2.05) is 0 Å². The Labute approximate surface area is 109 Å². The van der Waals surface area contributed by atoms with E-state index in [0.29, 0.717) is 0 Å². The van der Waals surface area contributed by atoms with Gasteiger partial charge in [-0.3, -0.25) is 4.79 Å². The fraction of sp³-hybridized carbons (Fsp3) is 0.583. The Hall–Kier alpha value is -1.50. The number of aromatic nitrogens is 1. The van der Waals surface area contributed by atoms with Crippen LogP contribution in [-0.2, 0) is 6.54 Å².